The van der Waals surface area contributed by atoms with Gasteiger partial charge in [-0.3, -0.25) is 0 Å². The van der Waals surface area contributed by atoms with Gasteiger partial charge in [0.15, 0.2) is 0 Å². The van der Waals surface area contributed by atoms with Crippen LogP contribution in [0.15, 0.2) is 48.5 Å². The summed E-state index contributed by atoms with van der Waals surface area (Å²) in [5, 5.41) is 4.14. The third-order valence-corrected chi connectivity index (χ3v) is 3.52. The van der Waals surface area contributed by atoms with Crippen LogP contribution in [0.3, 0.4) is 0 Å². The van der Waals surface area contributed by atoms with Crippen LogP contribution >= 0.6 is 11.6 Å². The van der Waals surface area contributed by atoms with Crippen molar-refractivity contribution in [1.29, 1.82) is 0 Å². The molecule has 0 fully saturated rings. The van der Waals surface area contributed by atoms with E-state index in [1.165, 1.54) is 0 Å². The Morgan fingerprint density at radius 2 is 1.65 bits per heavy atom. The standard InChI is InChI=1S/C17H20ClNO/c1-12(2)13(3)19-15-7-9-16(10-8-15)20-17-6-4-5-14(18)11-17/h4-13,19H,1-3H3. The average Bonchev–Trinajstić information content (AvgIpc) is 2.41. The van der Waals surface area contributed by atoms with Gasteiger partial charge in [0, 0.05) is 16.8 Å². The van der Waals surface area contributed by atoms with Gasteiger partial charge in [0.2, 0.25) is 0 Å². The summed E-state index contributed by atoms with van der Waals surface area (Å²) in [6.07, 6.45) is 0. The molecule has 0 aliphatic heterocycles. The van der Waals surface area contributed by atoms with Gasteiger partial charge in [0.1, 0.15) is 11.5 Å². The fourth-order valence-corrected chi connectivity index (χ4v) is 1.90. The third kappa shape index (κ3) is 4.17. The van der Waals surface area contributed by atoms with Crippen molar-refractivity contribution in [3.8, 4) is 11.5 Å². The minimum Gasteiger partial charge on any atom is -0.457 e. The maximum atomic E-state index is 5.93. The first-order valence-electron chi connectivity index (χ1n) is 6.84. The Morgan fingerprint density at radius 1 is 0.950 bits per heavy atom. The lowest BCUT2D eigenvalue weighted by molar-refractivity contribution is 0.482. The highest BCUT2D eigenvalue weighted by atomic mass is 35.5. The molecule has 20 heavy (non-hydrogen) atoms. The monoisotopic (exact) mass is 289 g/mol. The summed E-state index contributed by atoms with van der Waals surface area (Å²) in [4.78, 5) is 0. The number of anilines is 1. The smallest absolute Gasteiger partial charge is 0.128 e. The molecule has 0 aromatic heterocycles. The van der Waals surface area contributed by atoms with Gasteiger partial charge in [-0.15, -0.1) is 0 Å². The molecule has 106 valence electrons. The first-order valence-corrected chi connectivity index (χ1v) is 7.22. The van der Waals surface area contributed by atoms with Crippen molar-refractivity contribution in [3.63, 3.8) is 0 Å². The molecule has 0 aliphatic carbocycles. The first-order chi connectivity index (χ1) is 9.54. The third-order valence-electron chi connectivity index (χ3n) is 3.28. The summed E-state index contributed by atoms with van der Waals surface area (Å²) in [6.45, 7) is 6.59. The quantitative estimate of drug-likeness (QED) is 0.775. The zero-order chi connectivity index (χ0) is 14.5. The van der Waals surface area contributed by atoms with Crippen molar-refractivity contribution in [2.45, 2.75) is 26.8 Å². The molecule has 0 saturated carbocycles. The van der Waals surface area contributed by atoms with E-state index in [9.17, 15) is 0 Å². The SMILES string of the molecule is CC(C)C(C)Nc1ccc(Oc2cccc(Cl)c2)cc1. The topological polar surface area (TPSA) is 21.3 Å². The molecule has 3 heteroatoms. The Balaban J connectivity index is 2.01. The van der Waals surface area contributed by atoms with Gasteiger partial charge in [-0.1, -0.05) is 31.5 Å². The highest BCUT2D eigenvalue weighted by Crippen LogP contribution is 2.25. The summed E-state index contributed by atoms with van der Waals surface area (Å²) in [7, 11) is 0. The molecule has 0 aliphatic rings. The van der Waals surface area contributed by atoms with Crippen LogP contribution in [-0.4, -0.2) is 6.04 Å². The van der Waals surface area contributed by atoms with E-state index in [4.69, 9.17) is 16.3 Å². The van der Waals surface area contributed by atoms with Crippen LogP contribution in [0.2, 0.25) is 5.02 Å². The van der Waals surface area contributed by atoms with E-state index >= 15 is 0 Å². The molecule has 0 bridgehead atoms. The molecule has 0 amide bonds. The Kier molecular flexibility index (Phi) is 4.91. The second-order valence-corrected chi connectivity index (χ2v) is 5.70. The molecule has 2 aromatic rings. The van der Waals surface area contributed by atoms with E-state index in [0.29, 0.717) is 17.0 Å². The van der Waals surface area contributed by atoms with E-state index in [1.54, 1.807) is 6.07 Å². The number of hydrogen-bond donors (Lipinski definition) is 1. The average molecular weight is 290 g/mol. The van der Waals surface area contributed by atoms with Crippen LogP contribution in [0.25, 0.3) is 0 Å². The van der Waals surface area contributed by atoms with Gasteiger partial charge in [-0.2, -0.15) is 0 Å². The molecule has 1 atom stereocenters. The molecule has 2 aromatic carbocycles. The first kappa shape index (κ1) is 14.7. The maximum Gasteiger partial charge on any atom is 0.128 e. The Morgan fingerprint density at radius 3 is 2.25 bits per heavy atom. The predicted molar refractivity (Wildman–Crippen MR) is 85.9 cm³/mol. The van der Waals surface area contributed by atoms with Crippen LogP contribution in [0.4, 0.5) is 5.69 Å². The van der Waals surface area contributed by atoms with Crippen molar-refractivity contribution < 1.29 is 4.74 Å². The number of hydrogen-bond acceptors (Lipinski definition) is 2. The zero-order valence-corrected chi connectivity index (χ0v) is 12.8. The van der Waals surface area contributed by atoms with E-state index in [0.717, 1.165) is 17.2 Å². The zero-order valence-electron chi connectivity index (χ0n) is 12.1. The molecule has 1 N–H and O–H groups in total. The van der Waals surface area contributed by atoms with Gasteiger partial charge in [-0.05, 0) is 55.3 Å². The Labute approximate surface area is 125 Å². The van der Waals surface area contributed by atoms with E-state index in [2.05, 4.69) is 26.1 Å². The molecule has 0 spiro atoms. The largest absolute Gasteiger partial charge is 0.457 e. The molecule has 0 saturated heterocycles. The van der Waals surface area contributed by atoms with E-state index in [1.807, 2.05) is 42.5 Å². The predicted octanol–water partition coefficient (Wildman–Crippen LogP) is 5.59. The van der Waals surface area contributed by atoms with Crippen LogP contribution in [0.1, 0.15) is 20.8 Å². The fraction of sp³-hybridized carbons (Fsp3) is 0.294. The summed E-state index contributed by atoms with van der Waals surface area (Å²) in [5.41, 5.74) is 1.10. The van der Waals surface area contributed by atoms with Gasteiger partial charge in [0.05, 0.1) is 0 Å². The van der Waals surface area contributed by atoms with Crippen molar-refractivity contribution in [1.82, 2.24) is 0 Å². The van der Waals surface area contributed by atoms with Crippen LogP contribution in [0, 0.1) is 5.92 Å². The molecule has 2 nitrogen and oxygen atoms in total. The van der Waals surface area contributed by atoms with Gasteiger partial charge < -0.3 is 10.1 Å². The minimum atomic E-state index is 0.440. The van der Waals surface area contributed by atoms with Crippen molar-refractivity contribution in [3.05, 3.63) is 53.6 Å². The van der Waals surface area contributed by atoms with E-state index in [-0.39, 0.29) is 0 Å². The summed E-state index contributed by atoms with van der Waals surface area (Å²) >= 11 is 5.93. The summed E-state index contributed by atoms with van der Waals surface area (Å²) in [5.74, 6) is 2.14. The van der Waals surface area contributed by atoms with Gasteiger partial charge in [-0.25, -0.2) is 0 Å². The maximum absolute atomic E-state index is 5.93. The lowest BCUT2D eigenvalue weighted by atomic mass is 10.1. The summed E-state index contributed by atoms with van der Waals surface area (Å²) < 4.78 is 5.75. The minimum absolute atomic E-state index is 0.440. The molecule has 0 radical (unpaired) electrons. The Bertz CT molecular complexity index is 551. The normalized spacial score (nSPS) is 12.2. The number of nitrogens with one attached hydrogen (secondary N) is 1. The molecule has 0 heterocycles. The van der Waals surface area contributed by atoms with Crippen LogP contribution in [0.5, 0.6) is 11.5 Å². The number of ether oxygens (including phenoxy) is 1. The number of halogens is 1. The lowest BCUT2D eigenvalue weighted by Gasteiger charge is -2.19. The molecule has 2 rings (SSSR count). The van der Waals surface area contributed by atoms with Gasteiger partial charge >= 0.3 is 0 Å². The number of rotatable bonds is 5. The molecular weight excluding hydrogens is 270 g/mol. The molecule has 1 unspecified atom stereocenters. The lowest BCUT2D eigenvalue weighted by Crippen LogP contribution is -2.21. The highest BCUT2D eigenvalue weighted by Gasteiger charge is 2.06. The van der Waals surface area contributed by atoms with Gasteiger partial charge in [0.25, 0.3) is 0 Å². The highest BCUT2D eigenvalue weighted by molar-refractivity contribution is 6.30. The van der Waals surface area contributed by atoms with Crippen LogP contribution in [-0.2, 0) is 0 Å². The second-order valence-electron chi connectivity index (χ2n) is 5.26. The van der Waals surface area contributed by atoms with Crippen molar-refractivity contribution in [2.24, 2.45) is 5.92 Å². The van der Waals surface area contributed by atoms with Crippen LogP contribution < -0.4 is 10.1 Å². The number of benzene rings is 2. The van der Waals surface area contributed by atoms with Crippen molar-refractivity contribution in [2.75, 3.05) is 5.32 Å². The Hall–Kier alpha value is -1.67. The fourth-order valence-electron chi connectivity index (χ4n) is 1.72. The second kappa shape index (κ2) is 6.67. The molecular formula is C17H20ClNO. The van der Waals surface area contributed by atoms with E-state index < -0.39 is 0 Å². The van der Waals surface area contributed by atoms with Crippen molar-refractivity contribution >= 4 is 17.3 Å². The summed E-state index contributed by atoms with van der Waals surface area (Å²) in [6, 6.07) is 15.8.